The van der Waals surface area contributed by atoms with Crippen molar-refractivity contribution < 1.29 is 4.74 Å². The van der Waals surface area contributed by atoms with Crippen molar-refractivity contribution in [2.24, 2.45) is 5.41 Å². The average molecular weight is 199 g/mol. The third-order valence-electron chi connectivity index (χ3n) is 3.06. The van der Waals surface area contributed by atoms with Crippen LogP contribution >= 0.6 is 0 Å². The summed E-state index contributed by atoms with van der Waals surface area (Å²) in [6.45, 7) is 6.76. The van der Waals surface area contributed by atoms with Crippen molar-refractivity contribution in [3.8, 4) is 0 Å². The summed E-state index contributed by atoms with van der Waals surface area (Å²) in [5.41, 5.74) is 0.438. The molecular formula is C12H25NO. The van der Waals surface area contributed by atoms with Gasteiger partial charge in [-0.3, -0.25) is 0 Å². The second-order valence-electron chi connectivity index (χ2n) is 5.22. The Bertz CT molecular complexity index is 150. The molecule has 0 aromatic heterocycles. The predicted molar refractivity (Wildman–Crippen MR) is 60.5 cm³/mol. The van der Waals surface area contributed by atoms with Gasteiger partial charge in [0.15, 0.2) is 0 Å². The Balaban J connectivity index is 2.07. The molecule has 0 bridgehead atoms. The van der Waals surface area contributed by atoms with Gasteiger partial charge < -0.3 is 10.1 Å². The summed E-state index contributed by atoms with van der Waals surface area (Å²) in [5, 5.41) is 3.26. The van der Waals surface area contributed by atoms with Gasteiger partial charge in [0.05, 0.1) is 6.10 Å². The van der Waals surface area contributed by atoms with Gasteiger partial charge in [-0.2, -0.15) is 0 Å². The zero-order chi connectivity index (χ0) is 10.4. The maximum absolute atomic E-state index is 5.61. The second-order valence-corrected chi connectivity index (χ2v) is 5.22. The molecule has 0 spiro atoms. The van der Waals surface area contributed by atoms with E-state index in [1.807, 2.05) is 7.05 Å². The standard InChI is InChI=1S/C12H25NO/c1-12(2,10-13-3)8-4-6-11-7-5-9-14-11/h11,13H,4-10H2,1-3H3. The summed E-state index contributed by atoms with van der Waals surface area (Å²) in [7, 11) is 2.03. The van der Waals surface area contributed by atoms with E-state index >= 15 is 0 Å². The quantitative estimate of drug-likeness (QED) is 0.710. The largest absolute Gasteiger partial charge is 0.378 e. The van der Waals surface area contributed by atoms with E-state index in [0.29, 0.717) is 11.5 Å². The average Bonchev–Trinajstić information content (AvgIpc) is 2.56. The molecule has 1 rings (SSSR count). The summed E-state index contributed by atoms with van der Waals surface area (Å²) in [6, 6.07) is 0. The first-order chi connectivity index (χ1) is 6.64. The molecule has 2 heteroatoms. The number of hydrogen-bond acceptors (Lipinski definition) is 2. The molecule has 1 heterocycles. The van der Waals surface area contributed by atoms with E-state index in [0.717, 1.165) is 13.2 Å². The zero-order valence-corrected chi connectivity index (χ0v) is 9.94. The highest BCUT2D eigenvalue weighted by molar-refractivity contribution is 4.72. The summed E-state index contributed by atoms with van der Waals surface area (Å²) in [4.78, 5) is 0. The van der Waals surface area contributed by atoms with Gasteiger partial charge in [0.1, 0.15) is 0 Å². The lowest BCUT2D eigenvalue weighted by Crippen LogP contribution is -2.26. The smallest absolute Gasteiger partial charge is 0.0576 e. The fourth-order valence-corrected chi connectivity index (χ4v) is 2.25. The van der Waals surface area contributed by atoms with Gasteiger partial charge in [0.25, 0.3) is 0 Å². The third kappa shape index (κ3) is 4.43. The van der Waals surface area contributed by atoms with Crippen LogP contribution in [-0.4, -0.2) is 26.3 Å². The number of ether oxygens (including phenoxy) is 1. The van der Waals surface area contributed by atoms with Crippen molar-refractivity contribution in [2.45, 2.75) is 52.1 Å². The zero-order valence-electron chi connectivity index (χ0n) is 9.94. The Labute approximate surface area is 88.4 Å². The summed E-state index contributed by atoms with van der Waals surface area (Å²) < 4.78 is 5.61. The first kappa shape index (κ1) is 12.0. The van der Waals surface area contributed by atoms with E-state index in [1.54, 1.807) is 0 Å². The van der Waals surface area contributed by atoms with Crippen LogP contribution in [0.4, 0.5) is 0 Å². The Morgan fingerprint density at radius 1 is 1.43 bits per heavy atom. The number of hydrogen-bond donors (Lipinski definition) is 1. The minimum absolute atomic E-state index is 0.438. The molecule has 84 valence electrons. The normalized spacial score (nSPS) is 22.9. The van der Waals surface area contributed by atoms with Crippen LogP contribution in [0.3, 0.4) is 0 Å². The molecular weight excluding hydrogens is 174 g/mol. The number of rotatable bonds is 6. The lowest BCUT2D eigenvalue weighted by molar-refractivity contribution is 0.0987. The molecule has 0 aromatic carbocycles. The SMILES string of the molecule is CNCC(C)(C)CCCC1CCCO1. The van der Waals surface area contributed by atoms with Crippen LogP contribution in [0.2, 0.25) is 0 Å². The summed E-state index contributed by atoms with van der Waals surface area (Å²) >= 11 is 0. The van der Waals surface area contributed by atoms with Crippen molar-refractivity contribution in [3.63, 3.8) is 0 Å². The Morgan fingerprint density at radius 3 is 2.79 bits per heavy atom. The van der Waals surface area contributed by atoms with E-state index in [9.17, 15) is 0 Å². The second kappa shape index (κ2) is 5.72. The maximum atomic E-state index is 5.61. The highest BCUT2D eigenvalue weighted by Gasteiger charge is 2.19. The Kier molecular flexibility index (Phi) is 4.90. The van der Waals surface area contributed by atoms with Crippen LogP contribution in [-0.2, 0) is 4.74 Å². The molecule has 1 N–H and O–H groups in total. The van der Waals surface area contributed by atoms with E-state index in [2.05, 4.69) is 19.2 Å². The maximum Gasteiger partial charge on any atom is 0.0576 e. The van der Waals surface area contributed by atoms with Crippen molar-refractivity contribution >= 4 is 0 Å². The van der Waals surface area contributed by atoms with Crippen LogP contribution < -0.4 is 5.32 Å². The van der Waals surface area contributed by atoms with E-state index in [1.165, 1.54) is 32.1 Å². The summed E-state index contributed by atoms with van der Waals surface area (Å²) in [5.74, 6) is 0. The Hall–Kier alpha value is -0.0800. The lowest BCUT2D eigenvalue weighted by Gasteiger charge is -2.24. The molecule has 1 fully saturated rings. The molecule has 0 radical (unpaired) electrons. The lowest BCUT2D eigenvalue weighted by atomic mass is 9.86. The molecule has 0 aliphatic carbocycles. The number of nitrogens with one attached hydrogen (secondary N) is 1. The Morgan fingerprint density at radius 2 is 2.21 bits per heavy atom. The molecule has 1 aliphatic rings. The van der Waals surface area contributed by atoms with Gasteiger partial charge in [-0.25, -0.2) is 0 Å². The minimum atomic E-state index is 0.438. The molecule has 0 saturated carbocycles. The van der Waals surface area contributed by atoms with Crippen molar-refractivity contribution in [3.05, 3.63) is 0 Å². The highest BCUT2D eigenvalue weighted by atomic mass is 16.5. The van der Waals surface area contributed by atoms with Gasteiger partial charge in [-0.1, -0.05) is 20.3 Å². The molecule has 1 aliphatic heterocycles. The minimum Gasteiger partial charge on any atom is -0.378 e. The van der Waals surface area contributed by atoms with E-state index in [4.69, 9.17) is 4.74 Å². The molecule has 0 aromatic rings. The van der Waals surface area contributed by atoms with Crippen LogP contribution in [0.1, 0.15) is 46.0 Å². The van der Waals surface area contributed by atoms with Gasteiger partial charge in [-0.15, -0.1) is 0 Å². The molecule has 1 saturated heterocycles. The molecule has 14 heavy (non-hydrogen) atoms. The van der Waals surface area contributed by atoms with E-state index < -0.39 is 0 Å². The van der Waals surface area contributed by atoms with Gasteiger partial charge >= 0.3 is 0 Å². The molecule has 2 nitrogen and oxygen atoms in total. The van der Waals surface area contributed by atoms with Crippen LogP contribution in [0.5, 0.6) is 0 Å². The first-order valence-corrected chi connectivity index (χ1v) is 5.90. The predicted octanol–water partition coefficient (Wildman–Crippen LogP) is 2.58. The fraction of sp³-hybridized carbons (Fsp3) is 1.00. The molecule has 1 atom stereocenters. The first-order valence-electron chi connectivity index (χ1n) is 5.90. The fourth-order valence-electron chi connectivity index (χ4n) is 2.25. The van der Waals surface area contributed by atoms with Crippen LogP contribution in [0, 0.1) is 5.41 Å². The highest BCUT2D eigenvalue weighted by Crippen LogP contribution is 2.25. The van der Waals surface area contributed by atoms with E-state index in [-0.39, 0.29) is 0 Å². The van der Waals surface area contributed by atoms with Gasteiger partial charge in [-0.05, 0) is 44.7 Å². The molecule has 1 unspecified atom stereocenters. The van der Waals surface area contributed by atoms with Gasteiger partial charge in [0.2, 0.25) is 0 Å². The van der Waals surface area contributed by atoms with Crippen molar-refractivity contribution in [2.75, 3.05) is 20.2 Å². The van der Waals surface area contributed by atoms with Crippen molar-refractivity contribution in [1.82, 2.24) is 5.32 Å². The monoisotopic (exact) mass is 199 g/mol. The summed E-state index contributed by atoms with van der Waals surface area (Å²) in [6.07, 6.45) is 6.98. The third-order valence-corrected chi connectivity index (χ3v) is 3.06. The van der Waals surface area contributed by atoms with Gasteiger partial charge in [0, 0.05) is 6.61 Å². The topological polar surface area (TPSA) is 21.3 Å². The van der Waals surface area contributed by atoms with Crippen molar-refractivity contribution in [1.29, 1.82) is 0 Å². The van der Waals surface area contributed by atoms with Crippen LogP contribution in [0.25, 0.3) is 0 Å². The van der Waals surface area contributed by atoms with Crippen LogP contribution in [0.15, 0.2) is 0 Å². The molecule has 0 amide bonds.